The van der Waals surface area contributed by atoms with Crippen LogP contribution in [0.15, 0.2) is 18.2 Å². The third-order valence-electron chi connectivity index (χ3n) is 3.55. The van der Waals surface area contributed by atoms with Crippen molar-refractivity contribution in [1.29, 1.82) is 0 Å². The van der Waals surface area contributed by atoms with E-state index in [9.17, 15) is 19.1 Å². The molecule has 1 aliphatic rings. The van der Waals surface area contributed by atoms with Gasteiger partial charge >= 0.3 is 12.0 Å². The molecule has 0 aromatic heterocycles. The quantitative estimate of drug-likeness (QED) is 0.795. The average molecular weight is 296 g/mol. The molecule has 0 unspecified atom stereocenters. The minimum atomic E-state index is -1.32. The summed E-state index contributed by atoms with van der Waals surface area (Å²) in [4.78, 5) is 23.4. The maximum atomic E-state index is 13.0. The second kappa shape index (κ2) is 6.09. The van der Waals surface area contributed by atoms with Gasteiger partial charge in [-0.05, 0) is 30.7 Å². The van der Waals surface area contributed by atoms with Gasteiger partial charge < -0.3 is 20.5 Å². The number of carboxylic acid groups (broad SMARTS) is 1. The van der Waals surface area contributed by atoms with Crippen molar-refractivity contribution in [1.82, 2.24) is 5.32 Å². The summed E-state index contributed by atoms with van der Waals surface area (Å²) < 4.78 is 18.1. The monoisotopic (exact) mass is 296 g/mol. The predicted octanol–water partition coefficient (Wildman–Crippen LogP) is 1.89. The van der Waals surface area contributed by atoms with Crippen LogP contribution in [0, 0.1) is 12.7 Å². The van der Waals surface area contributed by atoms with Gasteiger partial charge in [0.2, 0.25) is 0 Å². The van der Waals surface area contributed by atoms with Crippen LogP contribution in [0.25, 0.3) is 0 Å². The highest BCUT2D eigenvalue weighted by molar-refractivity contribution is 5.94. The number of carbonyl (C=O) groups excluding carboxylic acids is 1. The van der Waals surface area contributed by atoms with Crippen LogP contribution in [-0.4, -0.2) is 35.9 Å². The maximum absolute atomic E-state index is 13.0. The van der Waals surface area contributed by atoms with E-state index in [1.807, 2.05) is 0 Å². The number of ether oxygens (including phenoxy) is 1. The summed E-state index contributed by atoms with van der Waals surface area (Å²) in [6.45, 7) is 2.21. The zero-order valence-electron chi connectivity index (χ0n) is 11.6. The highest BCUT2D eigenvalue weighted by Crippen LogP contribution is 2.22. The van der Waals surface area contributed by atoms with E-state index in [4.69, 9.17) is 4.74 Å². The van der Waals surface area contributed by atoms with Gasteiger partial charge in [-0.3, -0.25) is 0 Å². The van der Waals surface area contributed by atoms with Gasteiger partial charge in [-0.1, -0.05) is 0 Å². The zero-order chi connectivity index (χ0) is 15.5. The number of benzene rings is 1. The number of hydrogen-bond donors (Lipinski definition) is 3. The molecule has 2 amide bonds. The average Bonchev–Trinajstić information content (AvgIpc) is 2.43. The number of amides is 2. The predicted molar refractivity (Wildman–Crippen MR) is 73.7 cm³/mol. The summed E-state index contributed by atoms with van der Waals surface area (Å²) in [6.07, 6.45) is 0.413. The first-order valence-electron chi connectivity index (χ1n) is 6.59. The van der Waals surface area contributed by atoms with Crippen molar-refractivity contribution in [3.63, 3.8) is 0 Å². The molecule has 2 rings (SSSR count). The second-order valence-corrected chi connectivity index (χ2v) is 5.04. The minimum Gasteiger partial charge on any atom is -0.480 e. The first-order valence-corrected chi connectivity index (χ1v) is 6.59. The molecule has 0 saturated carbocycles. The SMILES string of the molecule is Cc1cc(F)ccc1NC(=O)NC1(C(=O)O)CCOCC1. The van der Waals surface area contributed by atoms with Crippen LogP contribution in [0.1, 0.15) is 18.4 Å². The van der Waals surface area contributed by atoms with Gasteiger partial charge in [0.25, 0.3) is 0 Å². The Labute approximate surface area is 121 Å². The number of aryl methyl sites for hydroxylation is 1. The molecule has 114 valence electrons. The minimum absolute atomic E-state index is 0.207. The Balaban J connectivity index is 2.07. The van der Waals surface area contributed by atoms with E-state index in [0.29, 0.717) is 11.3 Å². The lowest BCUT2D eigenvalue weighted by atomic mass is 9.90. The number of hydrogen-bond acceptors (Lipinski definition) is 3. The van der Waals surface area contributed by atoms with Crippen LogP contribution in [0.5, 0.6) is 0 Å². The van der Waals surface area contributed by atoms with E-state index in [-0.39, 0.29) is 26.1 Å². The van der Waals surface area contributed by atoms with Gasteiger partial charge in [0, 0.05) is 31.7 Å². The van der Waals surface area contributed by atoms with Crippen molar-refractivity contribution >= 4 is 17.7 Å². The number of carboxylic acids is 1. The van der Waals surface area contributed by atoms with Crippen LogP contribution in [0.2, 0.25) is 0 Å². The number of halogens is 1. The molecule has 0 atom stereocenters. The van der Waals surface area contributed by atoms with Crippen LogP contribution in [0.3, 0.4) is 0 Å². The fraction of sp³-hybridized carbons (Fsp3) is 0.429. The lowest BCUT2D eigenvalue weighted by Crippen LogP contribution is -2.58. The third-order valence-corrected chi connectivity index (χ3v) is 3.55. The van der Waals surface area contributed by atoms with Crippen molar-refractivity contribution in [2.24, 2.45) is 0 Å². The molecule has 1 aromatic carbocycles. The summed E-state index contributed by atoms with van der Waals surface area (Å²) >= 11 is 0. The Bertz CT molecular complexity index is 556. The van der Waals surface area contributed by atoms with E-state index in [1.54, 1.807) is 6.92 Å². The van der Waals surface area contributed by atoms with Crippen LogP contribution in [-0.2, 0) is 9.53 Å². The molecule has 21 heavy (non-hydrogen) atoms. The van der Waals surface area contributed by atoms with Crippen LogP contribution < -0.4 is 10.6 Å². The summed E-state index contributed by atoms with van der Waals surface area (Å²) in [5, 5.41) is 14.4. The fourth-order valence-electron chi connectivity index (χ4n) is 2.25. The fourth-order valence-corrected chi connectivity index (χ4v) is 2.25. The van der Waals surface area contributed by atoms with E-state index in [2.05, 4.69) is 10.6 Å². The Kier molecular flexibility index (Phi) is 4.42. The van der Waals surface area contributed by atoms with Crippen molar-refractivity contribution in [3.8, 4) is 0 Å². The lowest BCUT2D eigenvalue weighted by Gasteiger charge is -2.33. The molecule has 0 spiro atoms. The molecule has 0 aliphatic carbocycles. The molecule has 1 heterocycles. The number of nitrogens with one attached hydrogen (secondary N) is 2. The number of rotatable bonds is 3. The van der Waals surface area contributed by atoms with Crippen molar-refractivity contribution < 1.29 is 23.8 Å². The van der Waals surface area contributed by atoms with Crippen LogP contribution in [0.4, 0.5) is 14.9 Å². The van der Waals surface area contributed by atoms with Gasteiger partial charge in [0.05, 0.1) is 0 Å². The third kappa shape index (κ3) is 3.49. The maximum Gasteiger partial charge on any atom is 0.329 e. The summed E-state index contributed by atoms with van der Waals surface area (Å²) in [7, 11) is 0. The number of carbonyl (C=O) groups is 2. The highest BCUT2D eigenvalue weighted by atomic mass is 19.1. The van der Waals surface area contributed by atoms with E-state index in [0.717, 1.165) is 0 Å². The second-order valence-electron chi connectivity index (χ2n) is 5.04. The Morgan fingerprint density at radius 1 is 1.33 bits per heavy atom. The van der Waals surface area contributed by atoms with Gasteiger partial charge in [-0.15, -0.1) is 0 Å². The number of aliphatic carboxylic acids is 1. The molecular formula is C14H17FN2O4. The number of urea groups is 1. The zero-order valence-corrected chi connectivity index (χ0v) is 11.6. The first-order chi connectivity index (χ1) is 9.93. The van der Waals surface area contributed by atoms with Gasteiger partial charge in [-0.2, -0.15) is 0 Å². The lowest BCUT2D eigenvalue weighted by molar-refractivity contribution is -0.148. The van der Waals surface area contributed by atoms with Crippen molar-refractivity contribution in [2.45, 2.75) is 25.3 Å². The molecule has 0 bridgehead atoms. The van der Waals surface area contributed by atoms with E-state index in [1.165, 1.54) is 18.2 Å². The largest absolute Gasteiger partial charge is 0.480 e. The smallest absolute Gasteiger partial charge is 0.329 e. The summed E-state index contributed by atoms with van der Waals surface area (Å²) in [5.74, 6) is -1.48. The molecule has 1 aliphatic heterocycles. The molecule has 1 fully saturated rings. The highest BCUT2D eigenvalue weighted by Gasteiger charge is 2.41. The van der Waals surface area contributed by atoms with E-state index >= 15 is 0 Å². The standard InChI is InChI=1S/C14H17FN2O4/c1-9-8-10(15)2-3-11(9)16-13(20)17-14(12(18)19)4-6-21-7-5-14/h2-3,8H,4-7H2,1H3,(H,18,19)(H2,16,17,20). The van der Waals surface area contributed by atoms with Crippen LogP contribution >= 0.6 is 0 Å². The molecule has 7 heteroatoms. The van der Waals surface area contributed by atoms with Crippen molar-refractivity contribution in [2.75, 3.05) is 18.5 Å². The molecule has 1 aromatic rings. The Morgan fingerprint density at radius 2 is 2.00 bits per heavy atom. The normalized spacial score (nSPS) is 17.0. The summed E-state index contributed by atoms with van der Waals surface area (Å²) in [5.41, 5.74) is -0.334. The molecule has 0 radical (unpaired) electrons. The van der Waals surface area contributed by atoms with Gasteiger partial charge in [0.1, 0.15) is 11.4 Å². The molecule has 1 saturated heterocycles. The molecule has 6 nitrogen and oxygen atoms in total. The van der Waals surface area contributed by atoms with Gasteiger partial charge in [-0.25, -0.2) is 14.0 Å². The summed E-state index contributed by atoms with van der Waals surface area (Å²) in [6, 6.07) is 3.32. The Hall–Kier alpha value is -2.15. The number of anilines is 1. The van der Waals surface area contributed by atoms with Gasteiger partial charge in [0.15, 0.2) is 0 Å². The molecule has 3 N–H and O–H groups in total. The van der Waals surface area contributed by atoms with E-state index < -0.39 is 23.4 Å². The Morgan fingerprint density at radius 3 is 2.57 bits per heavy atom. The molecular weight excluding hydrogens is 279 g/mol. The van der Waals surface area contributed by atoms with Crippen molar-refractivity contribution in [3.05, 3.63) is 29.6 Å². The first kappa shape index (κ1) is 15.2. The topological polar surface area (TPSA) is 87.7 Å².